The van der Waals surface area contributed by atoms with Crippen molar-refractivity contribution in [2.45, 2.75) is 32.1 Å². The predicted octanol–water partition coefficient (Wildman–Crippen LogP) is 3.65. The molecular formula is C16H23ClF3IN4. The monoisotopic (exact) mass is 490 g/mol. The van der Waals surface area contributed by atoms with Gasteiger partial charge in [0.25, 0.3) is 0 Å². The summed E-state index contributed by atoms with van der Waals surface area (Å²) in [5.41, 5.74) is 1.02. The van der Waals surface area contributed by atoms with Crippen molar-refractivity contribution in [2.75, 3.05) is 26.2 Å². The van der Waals surface area contributed by atoms with E-state index in [4.69, 9.17) is 11.6 Å². The van der Waals surface area contributed by atoms with Gasteiger partial charge in [-0.3, -0.25) is 4.90 Å². The summed E-state index contributed by atoms with van der Waals surface area (Å²) in [6.07, 6.45) is -3.48. The number of hydrogen-bond donors (Lipinski definition) is 2. The van der Waals surface area contributed by atoms with E-state index >= 15 is 0 Å². The van der Waals surface area contributed by atoms with Crippen LogP contribution in [0.5, 0.6) is 0 Å². The highest BCUT2D eigenvalue weighted by Gasteiger charge is 2.34. The normalized spacial score (nSPS) is 18.8. The van der Waals surface area contributed by atoms with Gasteiger partial charge in [-0.2, -0.15) is 13.2 Å². The lowest BCUT2D eigenvalue weighted by molar-refractivity contribution is -0.143. The predicted molar refractivity (Wildman–Crippen MR) is 106 cm³/mol. The van der Waals surface area contributed by atoms with Crippen LogP contribution in [-0.2, 0) is 6.54 Å². The third kappa shape index (κ3) is 8.46. The molecule has 1 heterocycles. The molecule has 1 fully saturated rings. The molecule has 1 aliphatic heterocycles. The average Bonchev–Trinajstić information content (AvgIpc) is 2.91. The minimum atomic E-state index is -4.15. The quantitative estimate of drug-likeness (QED) is 0.376. The van der Waals surface area contributed by atoms with Crippen LogP contribution in [0.25, 0.3) is 0 Å². The number of nitrogens with one attached hydrogen (secondary N) is 2. The van der Waals surface area contributed by atoms with E-state index in [2.05, 4.69) is 15.6 Å². The van der Waals surface area contributed by atoms with Gasteiger partial charge in [0.2, 0.25) is 0 Å². The van der Waals surface area contributed by atoms with Crippen LogP contribution in [0.4, 0.5) is 13.2 Å². The average molecular weight is 491 g/mol. The van der Waals surface area contributed by atoms with E-state index in [1.165, 1.54) is 4.90 Å². The Hall–Kier alpha value is -0.740. The van der Waals surface area contributed by atoms with Crippen LogP contribution in [0.1, 0.15) is 18.9 Å². The molecule has 0 aromatic heterocycles. The van der Waals surface area contributed by atoms with Gasteiger partial charge in [0.05, 0.1) is 13.1 Å². The highest BCUT2D eigenvalue weighted by atomic mass is 127. The Kier molecular flexibility index (Phi) is 9.29. The molecule has 4 nitrogen and oxygen atoms in total. The van der Waals surface area contributed by atoms with E-state index in [9.17, 15) is 13.2 Å². The van der Waals surface area contributed by atoms with E-state index < -0.39 is 12.7 Å². The molecule has 1 aliphatic rings. The van der Waals surface area contributed by atoms with Crippen molar-refractivity contribution < 1.29 is 13.2 Å². The third-order valence-corrected chi connectivity index (χ3v) is 3.95. The highest BCUT2D eigenvalue weighted by molar-refractivity contribution is 14.0. The van der Waals surface area contributed by atoms with Crippen LogP contribution in [0.15, 0.2) is 29.3 Å². The smallest absolute Gasteiger partial charge is 0.357 e. The topological polar surface area (TPSA) is 39.7 Å². The second-order valence-electron chi connectivity index (χ2n) is 5.80. The lowest BCUT2D eigenvalue weighted by atomic mass is 10.2. The molecule has 0 aliphatic carbocycles. The van der Waals surface area contributed by atoms with Crippen molar-refractivity contribution in [3.8, 4) is 0 Å². The number of hydrogen-bond acceptors (Lipinski definition) is 2. The Morgan fingerprint density at radius 3 is 2.60 bits per heavy atom. The lowest BCUT2D eigenvalue weighted by Crippen LogP contribution is -2.45. The SMILES string of the molecule is CCNC(=NCc1ccc(Cl)cc1)NC1CCN(CC(F)(F)F)C1.I. The van der Waals surface area contributed by atoms with Gasteiger partial charge in [0, 0.05) is 30.7 Å². The van der Waals surface area contributed by atoms with Gasteiger partial charge in [-0.1, -0.05) is 23.7 Å². The Labute approximate surface area is 168 Å². The molecule has 1 saturated heterocycles. The molecule has 0 spiro atoms. The molecule has 1 aromatic rings. The fourth-order valence-corrected chi connectivity index (χ4v) is 2.75. The van der Waals surface area contributed by atoms with Crippen LogP contribution in [0, 0.1) is 0 Å². The first kappa shape index (κ1) is 22.3. The molecule has 1 unspecified atom stereocenters. The van der Waals surface area contributed by atoms with Gasteiger partial charge >= 0.3 is 6.18 Å². The van der Waals surface area contributed by atoms with E-state index in [0.29, 0.717) is 43.6 Å². The number of guanidine groups is 1. The molecular weight excluding hydrogens is 468 g/mol. The van der Waals surface area contributed by atoms with E-state index in [1.807, 2.05) is 19.1 Å². The van der Waals surface area contributed by atoms with Gasteiger partial charge in [-0.15, -0.1) is 24.0 Å². The minimum Gasteiger partial charge on any atom is -0.357 e. The number of rotatable bonds is 5. The molecule has 0 saturated carbocycles. The largest absolute Gasteiger partial charge is 0.401 e. The van der Waals surface area contributed by atoms with E-state index in [1.54, 1.807) is 12.1 Å². The van der Waals surface area contributed by atoms with Crippen LogP contribution in [-0.4, -0.2) is 49.3 Å². The lowest BCUT2D eigenvalue weighted by Gasteiger charge is -2.19. The highest BCUT2D eigenvalue weighted by Crippen LogP contribution is 2.20. The van der Waals surface area contributed by atoms with Crippen LogP contribution in [0.3, 0.4) is 0 Å². The fraction of sp³-hybridized carbons (Fsp3) is 0.562. The third-order valence-electron chi connectivity index (χ3n) is 3.69. The minimum absolute atomic E-state index is 0. The molecule has 9 heteroatoms. The molecule has 2 rings (SSSR count). The summed E-state index contributed by atoms with van der Waals surface area (Å²) < 4.78 is 37.3. The number of halogens is 5. The van der Waals surface area contributed by atoms with Crippen LogP contribution in [0.2, 0.25) is 5.02 Å². The summed E-state index contributed by atoms with van der Waals surface area (Å²) in [5.74, 6) is 0.617. The molecule has 1 atom stereocenters. The Morgan fingerprint density at radius 2 is 2.00 bits per heavy atom. The van der Waals surface area contributed by atoms with Crippen molar-refractivity contribution >= 4 is 41.5 Å². The molecule has 25 heavy (non-hydrogen) atoms. The first-order valence-electron chi connectivity index (χ1n) is 7.94. The molecule has 0 amide bonds. The van der Waals surface area contributed by atoms with Gasteiger partial charge in [0.15, 0.2) is 5.96 Å². The summed E-state index contributed by atoms with van der Waals surface area (Å²) >= 11 is 5.85. The van der Waals surface area contributed by atoms with Crippen molar-refractivity contribution in [3.63, 3.8) is 0 Å². The van der Waals surface area contributed by atoms with Crippen molar-refractivity contribution in [1.29, 1.82) is 0 Å². The Morgan fingerprint density at radius 1 is 1.32 bits per heavy atom. The second-order valence-corrected chi connectivity index (χ2v) is 6.24. The molecule has 142 valence electrons. The number of benzene rings is 1. The second kappa shape index (κ2) is 10.4. The first-order valence-corrected chi connectivity index (χ1v) is 8.32. The number of alkyl halides is 3. The van der Waals surface area contributed by atoms with Crippen LogP contribution >= 0.6 is 35.6 Å². The molecule has 0 bridgehead atoms. The molecule has 1 aromatic carbocycles. The molecule has 2 N–H and O–H groups in total. The summed E-state index contributed by atoms with van der Waals surface area (Å²) in [5, 5.41) is 7.01. The number of nitrogens with zero attached hydrogens (tertiary/aromatic N) is 2. The van der Waals surface area contributed by atoms with Gasteiger partial charge in [0.1, 0.15) is 0 Å². The zero-order valence-corrected chi connectivity index (χ0v) is 17.0. The number of aliphatic imine (C=N–C) groups is 1. The number of likely N-dealkylation sites (tertiary alicyclic amines) is 1. The van der Waals surface area contributed by atoms with E-state index in [0.717, 1.165) is 5.56 Å². The zero-order chi connectivity index (χ0) is 17.6. The molecule has 0 radical (unpaired) electrons. The van der Waals surface area contributed by atoms with Gasteiger partial charge in [-0.05, 0) is 31.0 Å². The summed E-state index contributed by atoms with van der Waals surface area (Å²) in [6.45, 7) is 3.06. The summed E-state index contributed by atoms with van der Waals surface area (Å²) in [7, 11) is 0. The van der Waals surface area contributed by atoms with Crippen molar-refractivity contribution in [3.05, 3.63) is 34.9 Å². The Balaban J connectivity index is 0.00000312. The summed E-state index contributed by atoms with van der Waals surface area (Å²) in [6, 6.07) is 7.37. The van der Waals surface area contributed by atoms with Crippen LogP contribution < -0.4 is 10.6 Å². The fourth-order valence-electron chi connectivity index (χ4n) is 2.62. The maximum Gasteiger partial charge on any atom is 0.401 e. The maximum atomic E-state index is 12.4. The van der Waals surface area contributed by atoms with E-state index in [-0.39, 0.29) is 30.0 Å². The Bertz CT molecular complexity index is 551. The van der Waals surface area contributed by atoms with Crippen molar-refractivity contribution in [1.82, 2.24) is 15.5 Å². The van der Waals surface area contributed by atoms with Crippen molar-refractivity contribution in [2.24, 2.45) is 4.99 Å². The standard InChI is InChI=1S/C16H22ClF3N4.HI/c1-2-21-15(22-9-12-3-5-13(17)6-4-12)23-14-7-8-24(10-14)11-16(18,19)20;/h3-6,14H,2,7-11H2,1H3,(H2,21,22,23);1H. The first-order chi connectivity index (χ1) is 11.4. The maximum absolute atomic E-state index is 12.4. The van der Waals surface area contributed by atoms with Gasteiger partial charge < -0.3 is 10.6 Å². The summed E-state index contributed by atoms with van der Waals surface area (Å²) in [4.78, 5) is 5.90. The van der Waals surface area contributed by atoms with Gasteiger partial charge in [-0.25, -0.2) is 4.99 Å². The zero-order valence-electron chi connectivity index (χ0n) is 13.9.